The van der Waals surface area contributed by atoms with Crippen LogP contribution in [0.15, 0.2) is 31.3 Å². The number of anilines is 2. The zero-order chi connectivity index (χ0) is 14.6. The number of nitrogens with two attached hydrogens (primary N) is 2. The van der Waals surface area contributed by atoms with Crippen LogP contribution in [0.5, 0.6) is 0 Å². The molecule has 2 rings (SSSR count). The van der Waals surface area contributed by atoms with E-state index in [1.807, 2.05) is 4.98 Å². The van der Waals surface area contributed by atoms with E-state index in [9.17, 15) is 19.2 Å². The fourth-order valence-electron chi connectivity index (χ4n) is 1.06. The first kappa shape index (κ1) is 14.0. The molecule has 0 aliphatic heterocycles. The molecule has 0 aliphatic carbocycles. The average molecular weight is 268 g/mol. The summed E-state index contributed by atoms with van der Waals surface area (Å²) in [6.07, 6.45) is 0. The standard InChI is InChI=1S/C5H7N3O2.C4H5N3O2/c1-8-4(9)2-3(6)7-5(8)10;5-2-1-3(8)7-4(9)6-2/h2H,6H2,1H3,(H,7,10);1H,(H4,5,6,7,8,9). The molecule has 0 radical (unpaired) electrons. The van der Waals surface area contributed by atoms with Crippen LogP contribution < -0.4 is 34.0 Å². The Bertz CT molecular complexity index is 736. The van der Waals surface area contributed by atoms with Crippen LogP contribution in [-0.2, 0) is 7.05 Å². The Morgan fingerprint density at radius 2 is 1.53 bits per heavy atom. The second kappa shape index (κ2) is 5.53. The highest BCUT2D eigenvalue weighted by Gasteiger charge is 1.94. The van der Waals surface area contributed by atoms with Gasteiger partial charge in [-0.15, -0.1) is 0 Å². The van der Waals surface area contributed by atoms with Gasteiger partial charge in [-0.2, -0.15) is 0 Å². The Balaban J connectivity index is 0.000000191. The van der Waals surface area contributed by atoms with Crippen LogP contribution >= 0.6 is 0 Å². The second-order valence-corrected chi connectivity index (χ2v) is 3.47. The number of nitrogens with zero attached hydrogens (tertiary/aromatic N) is 1. The summed E-state index contributed by atoms with van der Waals surface area (Å²) in [6, 6.07) is 2.25. The molecule has 2 aromatic rings. The van der Waals surface area contributed by atoms with E-state index in [2.05, 4.69) is 9.97 Å². The van der Waals surface area contributed by atoms with Gasteiger partial charge < -0.3 is 11.5 Å². The maximum absolute atomic E-state index is 10.7. The van der Waals surface area contributed by atoms with Gasteiger partial charge in [-0.25, -0.2) is 9.59 Å². The lowest BCUT2D eigenvalue weighted by Crippen LogP contribution is -2.32. The van der Waals surface area contributed by atoms with E-state index in [0.717, 1.165) is 16.7 Å². The maximum Gasteiger partial charge on any atom is 0.329 e. The molecule has 0 bridgehead atoms. The van der Waals surface area contributed by atoms with Crippen LogP contribution in [0.3, 0.4) is 0 Å². The van der Waals surface area contributed by atoms with E-state index >= 15 is 0 Å². The smallest absolute Gasteiger partial charge is 0.329 e. The van der Waals surface area contributed by atoms with Crippen molar-refractivity contribution in [1.29, 1.82) is 0 Å². The third-order valence-corrected chi connectivity index (χ3v) is 1.95. The van der Waals surface area contributed by atoms with Crippen LogP contribution in [0.2, 0.25) is 0 Å². The average Bonchev–Trinajstić information content (AvgIpc) is 2.24. The molecule has 102 valence electrons. The fraction of sp³-hybridized carbons (Fsp3) is 0.111. The molecule has 0 aliphatic rings. The molecule has 10 heteroatoms. The van der Waals surface area contributed by atoms with Crippen molar-refractivity contribution >= 4 is 11.6 Å². The lowest BCUT2D eigenvalue weighted by Gasteiger charge is -1.94. The summed E-state index contributed by atoms with van der Waals surface area (Å²) >= 11 is 0. The molecule has 10 nitrogen and oxygen atoms in total. The number of nitrogens with one attached hydrogen (secondary N) is 3. The number of rotatable bonds is 0. The minimum Gasteiger partial charge on any atom is -0.385 e. The van der Waals surface area contributed by atoms with Crippen molar-refractivity contribution in [3.05, 3.63) is 53.8 Å². The van der Waals surface area contributed by atoms with E-state index in [1.165, 1.54) is 7.05 Å². The van der Waals surface area contributed by atoms with Crippen molar-refractivity contribution in [2.75, 3.05) is 11.5 Å². The van der Waals surface area contributed by atoms with Crippen LogP contribution in [0.25, 0.3) is 0 Å². The molecular formula is C9H12N6O4. The number of aromatic nitrogens is 4. The topological polar surface area (TPSA) is 173 Å². The van der Waals surface area contributed by atoms with E-state index in [-0.39, 0.29) is 11.6 Å². The van der Waals surface area contributed by atoms with Gasteiger partial charge in [0, 0.05) is 19.2 Å². The first-order valence-corrected chi connectivity index (χ1v) is 4.94. The first-order valence-electron chi connectivity index (χ1n) is 4.94. The van der Waals surface area contributed by atoms with Gasteiger partial charge in [0.05, 0.1) is 0 Å². The van der Waals surface area contributed by atoms with E-state index in [4.69, 9.17) is 11.5 Å². The minimum atomic E-state index is -0.583. The Kier molecular flexibility index (Phi) is 4.08. The van der Waals surface area contributed by atoms with Gasteiger partial charge in [0.15, 0.2) is 0 Å². The van der Waals surface area contributed by atoms with E-state index in [0.29, 0.717) is 0 Å². The molecule has 7 N–H and O–H groups in total. The summed E-state index contributed by atoms with van der Waals surface area (Å²) in [5.41, 5.74) is 8.27. The van der Waals surface area contributed by atoms with Gasteiger partial charge >= 0.3 is 11.4 Å². The summed E-state index contributed by atoms with van der Waals surface area (Å²) in [5, 5.41) is 0. The van der Waals surface area contributed by atoms with Gasteiger partial charge in [0.25, 0.3) is 11.1 Å². The molecule has 2 heterocycles. The van der Waals surface area contributed by atoms with Crippen molar-refractivity contribution in [2.45, 2.75) is 0 Å². The highest BCUT2D eigenvalue weighted by Crippen LogP contribution is 1.79. The summed E-state index contributed by atoms with van der Waals surface area (Å²) in [6.45, 7) is 0. The molecule has 0 saturated heterocycles. The highest BCUT2D eigenvalue weighted by atomic mass is 16.2. The molecule has 0 fully saturated rings. The van der Waals surface area contributed by atoms with Gasteiger partial charge in [0.1, 0.15) is 11.6 Å². The van der Waals surface area contributed by atoms with Crippen LogP contribution in [0.1, 0.15) is 0 Å². The summed E-state index contributed by atoms with van der Waals surface area (Å²) in [4.78, 5) is 48.5. The quantitative estimate of drug-likeness (QED) is 0.347. The molecule has 0 amide bonds. The van der Waals surface area contributed by atoms with Gasteiger partial charge in [-0.3, -0.25) is 29.1 Å². The molecule has 0 saturated carbocycles. The normalized spacial score (nSPS) is 9.53. The Morgan fingerprint density at radius 1 is 0.947 bits per heavy atom. The monoisotopic (exact) mass is 268 g/mol. The lowest BCUT2D eigenvalue weighted by atomic mass is 10.6. The van der Waals surface area contributed by atoms with E-state index in [1.54, 1.807) is 0 Å². The van der Waals surface area contributed by atoms with Gasteiger partial charge in [0.2, 0.25) is 0 Å². The molecule has 0 spiro atoms. The Labute approximate surface area is 104 Å². The summed E-state index contributed by atoms with van der Waals surface area (Å²) in [5.74, 6) is 0.164. The van der Waals surface area contributed by atoms with Crippen molar-refractivity contribution in [3.63, 3.8) is 0 Å². The third kappa shape index (κ3) is 4.03. The van der Waals surface area contributed by atoms with Crippen LogP contribution in [-0.4, -0.2) is 19.5 Å². The van der Waals surface area contributed by atoms with Crippen molar-refractivity contribution in [2.24, 2.45) is 7.05 Å². The molecule has 2 aromatic heterocycles. The van der Waals surface area contributed by atoms with Crippen molar-refractivity contribution in [1.82, 2.24) is 19.5 Å². The SMILES string of the molecule is Cn1c(=O)cc(N)[nH]c1=O.Nc1cc(=O)[nH]c(=O)[nH]1. The van der Waals surface area contributed by atoms with Gasteiger partial charge in [-0.1, -0.05) is 0 Å². The number of H-pyrrole nitrogens is 3. The lowest BCUT2D eigenvalue weighted by molar-refractivity contribution is 0.779. The fourth-order valence-corrected chi connectivity index (χ4v) is 1.06. The Hall–Kier alpha value is -3.04. The van der Waals surface area contributed by atoms with Crippen LogP contribution in [0.4, 0.5) is 11.6 Å². The molecule has 19 heavy (non-hydrogen) atoms. The summed E-state index contributed by atoms with van der Waals surface area (Å²) < 4.78 is 0.941. The van der Waals surface area contributed by atoms with Gasteiger partial charge in [-0.05, 0) is 0 Å². The first-order chi connectivity index (χ1) is 8.79. The number of hydrogen-bond donors (Lipinski definition) is 5. The molecule has 0 atom stereocenters. The number of hydrogen-bond acceptors (Lipinski definition) is 6. The predicted molar refractivity (Wildman–Crippen MR) is 68.8 cm³/mol. The zero-order valence-corrected chi connectivity index (χ0v) is 9.89. The van der Waals surface area contributed by atoms with Crippen molar-refractivity contribution < 1.29 is 0 Å². The molecule has 0 aromatic carbocycles. The van der Waals surface area contributed by atoms with Crippen molar-refractivity contribution in [3.8, 4) is 0 Å². The second-order valence-electron chi connectivity index (χ2n) is 3.47. The molecular weight excluding hydrogens is 256 g/mol. The minimum absolute atomic E-state index is 0.0729. The number of aromatic amines is 3. The zero-order valence-electron chi connectivity index (χ0n) is 9.89. The Morgan fingerprint density at radius 3 is 2.00 bits per heavy atom. The van der Waals surface area contributed by atoms with E-state index < -0.39 is 22.5 Å². The number of nitrogen functional groups attached to an aromatic ring is 2. The largest absolute Gasteiger partial charge is 0.385 e. The molecule has 0 unspecified atom stereocenters. The third-order valence-electron chi connectivity index (χ3n) is 1.95. The maximum atomic E-state index is 10.7. The summed E-state index contributed by atoms with van der Waals surface area (Å²) in [7, 11) is 1.38. The van der Waals surface area contributed by atoms with Crippen LogP contribution in [0, 0.1) is 0 Å². The predicted octanol–water partition coefficient (Wildman–Crippen LogP) is -2.70. The highest BCUT2D eigenvalue weighted by molar-refractivity contribution is 5.23.